The van der Waals surface area contributed by atoms with E-state index >= 15 is 0 Å². The van der Waals surface area contributed by atoms with Crippen LogP contribution in [0.1, 0.15) is 24.0 Å². The lowest BCUT2D eigenvalue weighted by Crippen LogP contribution is -2.40. The van der Waals surface area contributed by atoms with E-state index < -0.39 is 0 Å². The molecule has 2 aromatic rings. The van der Waals surface area contributed by atoms with Crippen molar-refractivity contribution in [2.24, 2.45) is 5.92 Å². The molecule has 0 atom stereocenters. The number of rotatable bonds is 5. The minimum Gasteiger partial charge on any atom is -0.445 e. The van der Waals surface area contributed by atoms with Crippen molar-refractivity contribution in [1.29, 1.82) is 0 Å². The maximum atomic E-state index is 12.2. The summed E-state index contributed by atoms with van der Waals surface area (Å²) in [4.78, 5) is 18.1. The van der Waals surface area contributed by atoms with Gasteiger partial charge in [-0.1, -0.05) is 24.3 Å². The fourth-order valence-corrected chi connectivity index (χ4v) is 3.05. The maximum Gasteiger partial charge on any atom is 0.410 e. The van der Waals surface area contributed by atoms with Gasteiger partial charge in [0, 0.05) is 37.7 Å². The molecule has 0 saturated carbocycles. The van der Waals surface area contributed by atoms with Crippen molar-refractivity contribution in [2.75, 3.05) is 25.0 Å². The summed E-state index contributed by atoms with van der Waals surface area (Å²) in [5.74, 6) is 0.577. The Balaban J connectivity index is 1.39. The van der Waals surface area contributed by atoms with Gasteiger partial charge < -0.3 is 15.0 Å². The smallest absolute Gasteiger partial charge is 0.410 e. The highest BCUT2D eigenvalue weighted by molar-refractivity contribution is 5.67. The molecule has 3 rings (SSSR count). The number of carbonyl (C=O) groups is 1. The minimum atomic E-state index is -0.205. The van der Waals surface area contributed by atoms with Crippen LogP contribution in [0.4, 0.5) is 10.5 Å². The van der Waals surface area contributed by atoms with E-state index in [9.17, 15) is 4.79 Å². The molecule has 132 valence electrons. The van der Waals surface area contributed by atoms with Gasteiger partial charge in [-0.3, -0.25) is 4.98 Å². The molecule has 1 saturated heterocycles. The molecule has 1 aromatic carbocycles. The number of pyridine rings is 1. The number of amides is 1. The number of nitrogens with one attached hydrogen (secondary N) is 1. The van der Waals surface area contributed by atoms with Crippen LogP contribution in [0.5, 0.6) is 0 Å². The molecular weight excluding hydrogens is 314 g/mol. The summed E-state index contributed by atoms with van der Waals surface area (Å²) in [6, 6.07) is 11.9. The second-order valence-corrected chi connectivity index (χ2v) is 6.53. The molecule has 1 aliphatic heterocycles. The molecule has 0 spiro atoms. The first-order chi connectivity index (χ1) is 12.2. The van der Waals surface area contributed by atoms with E-state index in [1.54, 1.807) is 12.4 Å². The fraction of sp³-hybridized carbons (Fsp3) is 0.400. The van der Waals surface area contributed by atoms with Crippen molar-refractivity contribution in [3.63, 3.8) is 0 Å². The van der Waals surface area contributed by atoms with Gasteiger partial charge in [0.05, 0.1) is 0 Å². The number of hydrogen-bond acceptors (Lipinski definition) is 4. The highest BCUT2D eigenvalue weighted by Crippen LogP contribution is 2.19. The molecule has 1 amide bonds. The van der Waals surface area contributed by atoms with Crippen LogP contribution >= 0.6 is 0 Å². The highest BCUT2D eigenvalue weighted by Gasteiger charge is 2.23. The van der Waals surface area contributed by atoms with E-state index in [1.165, 1.54) is 0 Å². The average molecular weight is 339 g/mol. The Kier molecular flexibility index (Phi) is 5.88. The summed E-state index contributed by atoms with van der Waals surface area (Å²) in [5, 5.41) is 3.44. The van der Waals surface area contributed by atoms with Crippen LogP contribution in [0.3, 0.4) is 0 Å². The minimum absolute atomic E-state index is 0.205. The lowest BCUT2D eigenvalue weighted by molar-refractivity contribution is 0.0831. The van der Waals surface area contributed by atoms with Crippen molar-refractivity contribution in [3.05, 3.63) is 59.9 Å². The zero-order valence-corrected chi connectivity index (χ0v) is 14.6. The summed E-state index contributed by atoms with van der Waals surface area (Å²) < 4.78 is 5.48. The van der Waals surface area contributed by atoms with E-state index in [0.717, 1.165) is 49.3 Å². The van der Waals surface area contributed by atoms with Crippen molar-refractivity contribution in [3.8, 4) is 0 Å². The van der Waals surface area contributed by atoms with Gasteiger partial charge in [0.1, 0.15) is 6.61 Å². The zero-order chi connectivity index (χ0) is 17.5. The Morgan fingerprint density at radius 3 is 2.64 bits per heavy atom. The van der Waals surface area contributed by atoms with Gasteiger partial charge in [-0.15, -0.1) is 0 Å². The first kappa shape index (κ1) is 17.3. The molecular formula is C20H25N3O2. The molecule has 1 N–H and O–H groups in total. The Hall–Kier alpha value is -2.56. The first-order valence-electron chi connectivity index (χ1n) is 8.82. The Morgan fingerprint density at radius 1 is 1.20 bits per heavy atom. The third-order valence-corrected chi connectivity index (χ3v) is 4.76. The summed E-state index contributed by atoms with van der Waals surface area (Å²) in [7, 11) is 0. The normalized spacial score (nSPS) is 15.0. The number of piperidine rings is 1. The predicted molar refractivity (Wildman–Crippen MR) is 98.4 cm³/mol. The molecule has 1 aliphatic rings. The molecule has 1 fully saturated rings. The molecule has 5 nitrogen and oxygen atoms in total. The van der Waals surface area contributed by atoms with Crippen LogP contribution in [0.15, 0.2) is 48.8 Å². The number of nitrogens with zero attached hydrogens (tertiary/aromatic N) is 2. The molecule has 0 unspecified atom stereocenters. The predicted octanol–water partition coefficient (Wildman–Crippen LogP) is 3.85. The molecule has 5 heteroatoms. The van der Waals surface area contributed by atoms with Gasteiger partial charge in [0.25, 0.3) is 0 Å². The van der Waals surface area contributed by atoms with Crippen LogP contribution in [0, 0.1) is 12.8 Å². The van der Waals surface area contributed by atoms with Crippen LogP contribution in [-0.4, -0.2) is 35.6 Å². The van der Waals surface area contributed by atoms with E-state index in [0.29, 0.717) is 12.5 Å². The van der Waals surface area contributed by atoms with Gasteiger partial charge in [0.15, 0.2) is 0 Å². The van der Waals surface area contributed by atoms with Gasteiger partial charge in [-0.2, -0.15) is 0 Å². The van der Waals surface area contributed by atoms with E-state index in [2.05, 4.69) is 10.3 Å². The second kappa shape index (κ2) is 8.51. The average Bonchev–Trinajstić information content (AvgIpc) is 2.67. The van der Waals surface area contributed by atoms with Crippen molar-refractivity contribution in [2.45, 2.75) is 26.4 Å². The maximum absolute atomic E-state index is 12.2. The topological polar surface area (TPSA) is 54.5 Å². The molecule has 25 heavy (non-hydrogen) atoms. The molecule has 1 aromatic heterocycles. The monoisotopic (exact) mass is 339 g/mol. The van der Waals surface area contributed by atoms with Gasteiger partial charge >= 0.3 is 6.09 Å². The third-order valence-electron chi connectivity index (χ3n) is 4.76. The van der Waals surface area contributed by atoms with Crippen molar-refractivity contribution >= 4 is 11.8 Å². The number of aromatic nitrogens is 1. The molecule has 2 heterocycles. The SMILES string of the molecule is Cc1ccccc1COC(=O)N1CCC(CNc2ccncc2)CC1. The van der Waals surface area contributed by atoms with Gasteiger partial charge in [0.2, 0.25) is 0 Å². The summed E-state index contributed by atoms with van der Waals surface area (Å²) in [6.07, 6.45) is 5.36. The molecule has 0 aliphatic carbocycles. The number of likely N-dealkylation sites (tertiary alicyclic amines) is 1. The van der Waals surface area contributed by atoms with Crippen LogP contribution < -0.4 is 5.32 Å². The van der Waals surface area contributed by atoms with E-state index in [1.807, 2.05) is 48.2 Å². The number of benzene rings is 1. The Bertz CT molecular complexity index is 682. The second-order valence-electron chi connectivity index (χ2n) is 6.53. The quantitative estimate of drug-likeness (QED) is 0.899. The van der Waals surface area contributed by atoms with Gasteiger partial charge in [-0.25, -0.2) is 4.79 Å². The number of ether oxygens (including phenoxy) is 1. The number of carbonyl (C=O) groups excluding carboxylic acids is 1. The Labute approximate surface area is 149 Å². The summed E-state index contributed by atoms with van der Waals surface area (Å²) in [6.45, 7) is 4.82. The van der Waals surface area contributed by atoms with Gasteiger partial charge in [-0.05, 0) is 48.9 Å². The van der Waals surface area contributed by atoms with E-state index in [4.69, 9.17) is 4.74 Å². The van der Waals surface area contributed by atoms with E-state index in [-0.39, 0.29) is 6.09 Å². The zero-order valence-electron chi connectivity index (χ0n) is 14.6. The largest absolute Gasteiger partial charge is 0.445 e. The van der Waals surface area contributed by atoms with Crippen molar-refractivity contribution < 1.29 is 9.53 Å². The summed E-state index contributed by atoms with van der Waals surface area (Å²) >= 11 is 0. The standard InChI is InChI=1S/C20H25N3O2/c1-16-4-2-3-5-18(16)15-25-20(24)23-12-8-17(9-13-23)14-22-19-6-10-21-11-7-19/h2-7,10-11,17H,8-9,12-15H2,1H3,(H,21,22). The van der Waals surface area contributed by atoms with Crippen LogP contribution in [0.2, 0.25) is 0 Å². The third kappa shape index (κ3) is 4.95. The Morgan fingerprint density at radius 2 is 1.92 bits per heavy atom. The lowest BCUT2D eigenvalue weighted by Gasteiger charge is -2.31. The fourth-order valence-electron chi connectivity index (χ4n) is 3.05. The molecule has 0 radical (unpaired) electrons. The summed E-state index contributed by atoms with van der Waals surface area (Å²) in [5.41, 5.74) is 3.30. The van der Waals surface area contributed by atoms with Crippen LogP contribution in [-0.2, 0) is 11.3 Å². The highest BCUT2D eigenvalue weighted by atomic mass is 16.6. The number of hydrogen-bond donors (Lipinski definition) is 1. The molecule has 0 bridgehead atoms. The number of anilines is 1. The number of aryl methyl sites for hydroxylation is 1. The van der Waals surface area contributed by atoms with Crippen molar-refractivity contribution in [1.82, 2.24) is 9.88 Å². The van der Waals surface area contributed by atoms with Crippen LogP contribution in [0.25, 0.3) is 0 Å². The lowest BCUT2D eigenvalue weighted by atomic mass is 9.97. The first-order valence-corrected chi connectivity index (χ1v) is 8.82.